The quantitative estimate of drug-likeness (QED) is 0.557. The number of rotatable bonds is 7. The lowest BCUT2D eigenvalue weighted by Crippen LogP contribution is -2.49. The van der Waals surface area contributed by atoms with Crippen LogP contribution < -0.4 is 5.32 Å². The van der Waals surface area contributed by atoms with Crippen molar-refractivity contribution < 1.29 is 14.3 Å². The molecule has 32 heavy (non-hydrogen) atoms. The fourth-order valence-corrected chi connectivity index (χ4v) is 5.00. The molecule has 0 radical (unpaired) electrons. The molecule has 2 heterocycles. The van der Waals surface area contributed by atoms with E-state index in [9.17, 15) is 9.59 Å². The van der Waals surface area contributed by atoms with Crippen LogP contribution in [0.15, 0.2) is 65.7 Å². The van der Waals surface area contributed by atoms with Crippen LogP contribution in [0.3, 0.4) is 0 Å². The van der Waals surface area contributed by atoms with Crippen LogP contribution in [-0.2, 0) is 27.4 Å². The van der Waals surface area contributed by atoms with Gasteiger partial charge in [0.25, 0.3) is 0 Å². The van der Waals surface area contributed by atoms with E-state index < -0.39 is 0 Å². The Hall–Kier alpha value is -2.77. The van der Waals surface area contributed by atoms with E-state index in [-0.39, 0.29) is 30.6 Å². The van der Waals surface area contributed by atoms with Gasteiger partial charge < -0.3 is 19.5 Å². The van der Waals surface area contributed by atoms with Crippen LogP contribution in [0.1, 0.15) is 19.4 Å². The van der Waals surface area contributed by atoms with E-state index in [1.165, 1.54) is 11.8 Å². The predicted octanol–water partition coefficient (Wildman–Crippen LogP) is 3.69. The van der Waals surface area contributed by atoms with E-state index in [1.54, 1.807) is 0 Å². The summed E-state index contributed by atoms with van der Waals surface area (Å²) in [5.74, 6) is 0.403. The summed E-state index contributed by atoms with van der Waals surface area (Å²) in [6.45, 7) is 6.03. The lowest BCUT2D eigenvalue weighted by Gasteiger charge is -2.35. The van der Waals surface area contributed by atoms with Crippen molar-refractivity contribution in [1.29, 1.82) is 0 Å². The molecule has 0 saturated carbocycles. The number of amides is 2. The fraction of sp³-hybridized carbons (Fsp3) is 0.360. The molecule has 1 aliphatic rings. The van der Waals surface area contributed by atoms with E-state index in [0.717, 1.165) is 21.4 Å². The summed E-state index contributed by atoms with van der Waals surface area (Å²) in [6.07, 6.45) is 2.08. The van der Waals surface area contributed by atoms with Crippen LogP contribution in [0.4, 0.5) is 0 Å². The Balaban J connectivity index is 1.41. The van der Waals surface area contributed by atoms with Crippen molar-refractivity contribution in [2.75, 3.05) is 18.8 Å². The Morgan fingerprint density at radius 1 is 1.03 bits per heavy atom. The van der Waals surface area contributed by atoms with Crippen molar-refractivity contribution in [2.24, 2.45) is 0 Å². The van der Waals surface area contributed by atoms with Crippen molar-refractivity contribution >= 4 is 34.5 Å². The third-order valence-electron chi connectivity index (χ3n) is 5.52. The highest BCUT2D eigenvalue weighted by atomic mass is 32.2. The second-order valence-corrected chi connectivity index (χ2v) is 9.26. The number of thioether (sulfide) groups is 1. The fourth-order valence-electron chi connectivity index (χ4n) is 4.08. The highest BCUT2D eigenvalue weighted by Gasteiger charge is 2.26. The molecule has 1 aromatic heterocycles. The van der Waals surface area contributed by atoms with Crippen molar-refractivity contribution in [2.45, 2.75) is 44.0 Å². The first kappa shape index (κ1) is 22.4. The van der Waals surface area contributed by atoms with Crippen LogP contribution in [0, 0.1) is 0 Å². The van der Waals surface area contributed by atoms with Crippen LogP contribution >= 0.6 is 11.8 Å². The second kappa shape index (κ2) is 10.2. The SMILES string of the molecule is C[C@H]1CN(C(=O)Cn2cc(SCC(=O)NCc3ccccc3)c3ccccc32)C[C@H](C)O1. The maximum atomic E-state index is 13.0. The van der Waals surface area contributed by atoms with Crippen molar-refractivity contribution in [3.05, 3.63) is 66.4 Å². The minimum atomic E-state index is -0.0111. The summed E-state index contributed by atoms with van der Waals surface area (Å²) in [5.41, 5.74) is 2.08. The van der Waals surface area contributed by atoms with Gasteiger partial charge in [0.05, 0.1) is 18.0 Å². The van der Waals surface area contributed by atoms with Gasteiger partial charge in [-0.2, -0.15) is 0 Å². The summed E-state index contributed by atoms with van der Waals surface area (Å²) in [7, 11) is 0. The molecular weight excluding hydrogens is 422 g/mol. The van der Waals surface area contributed by atoms with Gasteiger partial charge in [-0.15, -0.1) is 11.8 Å². The Morgan fingerprint density at radius 2 is 1.72 bits per heavy atom. The summed E-state index contributed by atoms with van der Waals surface area (Å²) in [5, 5.41) is 4.03. The maximum absolute atomic E-state index is 13.0. The van der Waals surface area contributed by atoms with Gasteiger partial charge in [-0.05, 0) is 25.5 Å². The molecule has 0 unspecified atom stereocenters. The van der Waals surface area contributed by atoms with Crippen molar-refractivity contribution in [3.8, 4) is 0 Å². The number of benzene rings is 2. The Kier molecular flexibility index (Phi) is 7.17. The Morgan fingerprint density at radius 3 is 2.47 bits per heavy atom. The standard InChI is InChI=1S/C25H29N3O3S/c1-18-13-28(14-19(2)31-18)25(30)16-27-15-23(21-10-6-7-11-22(21)27)32-17-24(29)26-12-20-8-4-3-5-9-20/h3-11,15,18-19H,12-14,16-17H2,1-2H3,(H,26,29)/t18-,19-/m0/s1. The molecular formula is C25H29N3O3S. The number of aromatic nitrogens is 1. The van der Waals surface area contributed by atoms with Gasteiger partial charge in [0, 0.05) is 41.6 Å². The van der Waals surface area contributed by atoms with Crippen LogP contribution in [0.25, 0.3) is 10.9 Å². The van der Waals surface area contributed by atoms with Crippen molar-refractivity contribution in [1.82, 2.24) is 14.8 Å². The molecule has 6 nitrogen and oxygen atoms in total. The van der Waals surface area contributed by atoms with Gasteiger partial charge in [-0.3, -0.25) is 9.59 Å². The molecule has 7 heteroatoms. The highest BCUT2D eigenvalue weighted by Crippen LogP contribution is 2.30. The third-order valence-corrected chi connectivity index (χ3v) is 6.56. The zero-order valence-corrected chi connectivity index (χ0v) is 19.3. The summed E-state index contributed by atoms with van der Waals surface area (Å²) >= 11 is 1.50. The lowest BCUT2D eigenvalue weighted by molar-refractivity contribution is -0.143. The number of carbonyl (C=O) groups excluding carboxylic acids is 2. The molecule has 2 atom stereocenters. The monoisotopic (exact) mass is 451 g/mol. The number of hydrogen-bond donors (Lipinski definition) is 1. The molecule has 3 aromatic rings. The minimum absolute atomic E-state index is 0.0111. The maximum Gasteiger partial charge on any atom is 0.242 e. The third kappa shape index (κ3) is 5.53. The van der Waals surface area contributed by atoms with Crippen LogP contribution in [-0.4, -0.2) is 52.3 Å². The second-order valence-electron chi connectivity index (χ2n) is 8.25. The molecule has 4 rings (SSSR count). The number of hydrogen-bond acceptors (Lipinski definition) is 4. The number of morpholine rings is 1. The van der Waals surface area contributed by atoms with E-state index >= 15 is 0 Å². The molecule has 0 spiro atoms. The number of para-hydroxylation sites is 1. The van der Waals surface area contributed by atoms with Gasteiger partial charge in [0.15, 0.2) is 0 Å². The van der Waals surface area contributed by atoms with Crippen LogP contribution in [0.5, 0.6) is 0 Å². The minimum Gasteiger partial charge on any atom is -0.372 e. The lowest BCUT2D eigenvalue weighted by atomic mass is 10.2. The average Bonchev–Trinajstić information content (AvgIpc) is 3.14. The zero-order chi connectivity index (χ0) is 22.5. The van der Waals surface area contributed by atoms with E-state index in [4.69, 9.17) is 4.74 Å². The first-order chi connectivity index (χ1) is 15.5. The summed E-state index contributed by atoms with van der Waals surface area (Å²) in [6, 6.07) is 17.9. The van der Waals surface area contributed by atoms with Crippen molar-refractivity contribution in [3.63, 3.8) is 0 Å². The van der Waals surface area contributed by atoms with Gasteiger partial charge in [0.1, 0.15) is 6.54 Å². The molecule has 1 fully saturated rings. The largest absolute Gasteiger partial charge is 0.372 e. The normalized spacial score (nSPS) is 18.6. The molecule has 2 aromatic carbocycles. The summed E-state index contributed by atoms with van der Waals surface area (Å²) < 4.78 is 7.74. The number of nitrogens with zero attached hydrogens (tertiary/aromatic N) is 2. The smallest absolute Gasteiger partial charge is 0.242 e. The first-order valence-corrected chi connectivity index (χ1v) is 11.9. The van der Waals surface area contributed by atoms with Gasteiger partial charge >= 0.3 is 0 Å². The molecule has 1 aliphatic heterocycles. The molecule has 0 bridgehead atoms. The van der Waals surface area contributed by atoms with Gasteiger partial charge in [-0.25, -0.2) is 0 Å². The van der Waals surface area contributed by atoms with E-state index in [0.29, 0.717) is 25.4 Å². The molecule has 168 valence electrons. The Bertz CT molecular complexity index is 1070. The number of carbonyl (C=O) groups is 2. The molecule has 0 aliphatic carbocycles. The first-order valence-electron chi connectivity index (χ1n) is 10.9. The Labute approximate surface area is 192 Å². The number of ether oxygens (including phenoxy) is 1. The zero-order valence-electron chi connectivity index (χ0n) is 18.5. The number of fused-ring (bicyclic) bond motifs is 1. The van der Waals surface area contributed by atoms with E-state index in [1.807, 2.05) is 84.1 Å². The van der Waals surface area contributed by atoms with Gasteiger partial charge in [-0.1, -0.05) is 48.5 Å². The highest BCUT2D eigenvalue weighted by molar-refractivity contribution is 8.00. The van der Waals surface area contributed by atoms with E-state index in [2.05, 4.69) is 5.32 Å². The molecule has 2 amide bonds. The molecule has 1 N–H and O–H groups in total. The predicted molar refractivity (Wildman–Crippen MR) is 128 cm³/mol. The average molecular weight is 452 g/mol. The van der Waals surface area contributed by atoms with Gasteiger partial charge in [0.2, 0.25) is 11.8 Å². The molecule has 1 saturated heterocycles. The topological polar surface area (TPSA) is 63.6 Å². The summed E-state index contributed by atoms with van der Waals surface area (Å²) in [4.78, 5) is 28.2. The van der Waals surface area contributed by atoms with Crippen LogP contribution in [0.2, 0.25) is 0 Å². The number of nitrogens with one attached hydrogen (secondary N) is 1.